The largest absolute Gasteiger partial charge is 0.449 e. The Hall–Kier alpha value is -3.19. The molecule has 1 saturated heterocycles. The number of nitrogens with zero attached hydrogens (tertiary/aromatic N) is 2. The highest BCUT2D eigenvalue weighted by atomic mass is 16.5. The normalized spacial score (nSPS) is 14.3. The van der Waals surface area contributed by atoms with Gasteiger partial charge in [-0.3, -0.25) is 14.6 Å². The predicted octanol–water partition coefficient (Wildman–Crippen LogP) is 2.86. The third kappa shape index (κ3) is 3.41. The molecule has 27 heavy (non-hydrogen) atoms. The Morgan fingerprint density at radius 1 is 1.11 bits per heavy atom. The first-order valence-electron chi connectivity index (χ1n) is 8.76. The fourth-order valence-corrected chi connectivity index (χ4v) is 3.02. The summed E-state index contributed by atoms with van der Waals surface area (Å²) in [5.74, 6) is -0.469. The molecule has 1 fully saturated rings. The zero-order chi connectivity index (χ0) is 18.8. The number of carbonyl (C=O) groups excluding carboxylic acids is 2. The van der Waals surface area contributed by atoms with Gasteiger partial charge < -0.3 is 19.4 Å². The van der Waals surface area contributed by atoms with Gasteiger partial charge >= 0.3 is 0 Å². The van der Waals surface area contributed by atoms with E-state index in [-0.39, 0.29) is 17.6 Å². The van der Waals surface area contributed by atoms with Crippen LogP contribution in [0, 0.1) is 6.92 Å². The summed E-state index contributed by atoms with van der Waals surface area (Å²) in [4.78, 5) is 31.5. The number of nitrogens with one attached hydrogen (secondary N) is 1. The summed E-state index contributed by atoms with van der Waals surface area (Å²) in [5.41, 5.74) is 2.17. The summed E-state index contributed by atoms with van der Waals surface area (Å²) in [6.07, 6.45) is 1.51. The van der Waals surface area contributed by atoms with Crippen LogP contribution in [-0.2, 0) is 4.74 Å². The number of anilines is 1. The number of morpholine rings is 1. The summed E-state index contributed by atoms with van der Waals surface area (Å²) in [7, 11) is 0. The first-order valence-corrected chi connectivity index (χ1v) is 8.76. The minimum atomic E-state index is -0.343. The van der Waals surface area contributed by atoms with E-state index in [1.165, 1.54) is 6.20 Å². The molecule has 0 saturated carbocycles. The minimum absolute atomic E-state index is 0.131. The standard InChI is InChI=1S/C20H19N3O4/c1-13-6-7-14(12-21-13)19(24)22-17-15-4-2-3-5-16(15)27-18(17)20(25)23-8-10-26-11-9-23/h2-7,12H,8-11H2,1H3,(H,22,24). The second-order valence-corrected chi connectivity index (χ2v) is 6.35. The Labute approximate surface area is 155 Å². The molecule has 1 N–H and O–H groups in total. The third-order valence-electron chi connectivity index (χ3n) is 4.50. The summed E-state index contributed by atoms with van der Waals surface area (Å²) < 4.78 is 11.1. The number of hydrogen-bond acceptors (Lipinski definition) is 5. The third-order valence-corrected chi connectivity index (χ3v) is 4.50. The van der Waals surface area contributed by atoms with Gasteiger partial charge in [-0.25, -0.2) is 0 Å². The van der Waals surface area contributed by atoms with Gasteiger partial charge in [0.1, 0.15) is 11.3 Å². The first kappa shape index (κ1) is 17.2. The topological polar surface area (TPSA) is 84.7 Å². The van der Waals surface area contributed by atoms with E-state index in [1.807, 2.05) is 25.1 Å². The smallest absolute Gasteiger partial charge is 0.291 e. The molecule has 0 bridgehead atoms. The van der Waals surface area contributed by atoms with E-state index in [2.05, 4.69) is 10.3 Å². The second-order valence-electron chi connectivity index (χ2n) is 6.35. The minimum Gasteiger partial charge on any atom is -0.449 e. The maximum atomic E-state index is 13.0. The van der Waals surface area contributed by atoms with E-state index >= 15 is 0 Å². The summed E-state index contributed by atoms with van der Waals surface area (Å²) in [5, 5.41) is 3.52. The number of benzene rings is 1. The van der Waals surface area contributed by atoms with Crippen LogP contribution in [0.1, 0.15) is 26.6 Å². The van der Waals surface area contributed by atoms with Crippen LogP contribution in [0.15, 0.2) is 47.0 Å². The van der Waals surface area contributed by atoms with Crippen molar-refractivity contribution in [3.05, 3.63) is 59.6 Å². The van der Waals surface area contributed by atoms with Gasteiger partial charge in [0.15, 0.2) is 0 Å². The molecule has 7 heteroatoms. The molecule has 2 aromatic heterocycles. The van der Waals surface area contributed by atoms with Crippen LogP contribution in [0.3, 0.4) is 0 Å². The van der Waals surface area contributed by atoms with Gasteiger partial charge in [0, 0.05) is 30.4 Å². The Balaban J connectivity index is 1.70. The molecule has 1 aliphatic rings. The molecule has 1 aliphatic heterocycles. The molecule has 2 amide bonds. The number of rotatable bonds is 3. The van der Waals surface area contributed by atoms with E-state index in [0.29, 0.717) is 48.5 Å². The molecule has 1 aromatic carbocycles. The molecule has 4 rings (SSSR count). The monoisotopic (exact) mass is 365 g/mol. The van der Waals surface area contributed by atoms with E-state index in [1.54, 1.807) is 23.1 Å². The highest BCUT2D eigenvalue weighted by molar-refractivity contribution is 6.14. The molecule has 0 unspecified atom stereocenters. The lowest BCUT2D eigenvalue weighted by molar-refractivity contribution is 0.0285. The van der Waals surface area contributed by atoms with Crippen molar-refractivity contribution in [2.24, 2.45) is 0 Å². The SMILES string of the molecule is Cc1ccc(C(=O)Nc2c(C(=O)N3CCOCC3)oc3ccccc23)cn1. The fraction of sp³-hybridized carbons (Fsp3) is 0.250. The molecule has 0 atom stereocenters. The van der Waals surface area contributed by atoms with Crippen molar-refractivity contribution in [1.29, 1.82) is 0 Å². The molecule has 0 radical (unpaired) electrons. The predicted molar refractivity (Wildman–Crippen MR) is 99.9 cm³/mol. The summed E-state index contributed by atoms with van der Waals surface area (Å²) in [6, 6.07) is 10.7. The lowest BCUT2D eigenvalue weighted by Gasteiger charge is -2.26. The number of aryl methyl sites for hydroxylation is 1. The number of furan rings is 1. The van der Waals surface area contributed by atoms with Crippen molar-refractivity contribution in [1.82, 2.24) is 9.88 Å². The molecule has 7 nitrogen and oxygen atoms in total. The quantitative estimate of drug-likeness (QED) is 0.771. The van der Waals surface area contributed by atoms with Crippen LogP contribution in [0.25, 0.3) is 11.0 Å². The Kier molecular flexibility index (Phi) is 4.60. The Morgan fingerprint density at radius 3 is 2.63 bits per heavy atom. The van der Waals surface area contributed by atoms with Crippen molar-refractivity contribution in [2.45, 2.75) is 6.92 Å². The maximum absolute atomic E-state index is 13.0. The molecule has 0 aliphatic carbocycles. The average molecular weight is 365 g/mol. The van der Waals surface area contributed by atoms with E-state index < -0.39 is 0 Å². The van der Waals surface area contributed by atoms with Gasteiger partial charge in [-0.05, 0) is 31.2 Å². The van der Waals surface area contributed by atoms with Crippen LogP contribution < -0.4 is 5.32 Å². The van der Waals surface area contributed by atoms with Gasteiger partial charge in [0.05, 0.1) is 18.8 Å². The molecule has 3 heterocycles. The maximum Gasteiger partial charge on any atom is 0.291 e. The van der Waals surface area contributed by atoms with Crippen molar-refractivity contribution in [3.63, 3.8) is 0 Å². The van der Waals surface area contributed by atoms with Crippen LogP contribution in [0.4, 0.5) is 5.69 Å². The molecular weight excluding hydrogens is 346 g/mol. The average Bonchev–Trinajstić information content (AvgIpc) is 3.07. The summed E-state index contributed by atoms with van der Waals surface area (Å²) in [6.45, 7) is 3.81. The van der Waals surface area contributed by atoms with Gasteiger partial charge in [0.2, 0.25) is 5.76 Å². The number of ether oxygens (including phenoxy) is 1. The Morgan fingerprint density at radius 2 is 1.89 bits per heavy atom. The van der Waals surface area contributed by atoms with Crippen LogP contribution >= 0.6 is 0 Å². The number of aromatic nitrogens is 1. The van der Waals surface area contributed by atoms with E-state index in [4.69, 9.17) is 9.15 Å². The van der Waals surface area contributed by atoms with Crippen molar-refractivity contribution >= 4 is 28.5 Å². The lowest BCUT2D eigenvalue weighted by atomic mass is 10.2. The van der Waals surface area contributed by atoms with Gasteiger partial charge in [0.25, 0.3) is 11.8 Å². The zero-order valence-electron chi connectivity index (χ0n) is 14.9. The van der Waals surface area contributed by atoms with E-state index in [9.17, 15) is 9.59 Å². The highest BCUT2D eigenvalue weighted by Gasteiger charge is 2.27. The Bertz CT molecular complexity index is 988. The molecular formula is C20H19N3O4. The summed E-state index contributed by atoms with van der Waals surface area (Å²) >= 11 is 0. The molecule has 3 aromatic rings. The second kappa shape index (κ2) is 7.20. The van der Waals surface area contributed by atoms with Crippen LogP contribution in [0.2, 0.25) is 0 Å². The van der Waals surface area contributed by atoms with Crippen molar-refractivity contribution < 1.29 is 18.7 Å². The number of pyridine rings is 1. The van der Waals surface area contributed by atoms with Gasteiger partial charge in [-0.2, -0.15) is 0 Å². The number of para-hydroxylation sites is 1. The van der Waals surface area contributed by atoms with Crippen LogP contribution in [-0.4, -0.2) is 48.0 Å². The van der Waals surface area contributed by atoms with Crippen molar-refractivity contribution in [3.8, 4) is 0 Å². The number of carbonyl (C=O) groups is 2. The molecule has 138 valence electrons. The number of amides is 2. The fourth-order valence-electron chi connectivity index (χ4n) is 3.02. The first-order chi connectivity index (χ1) is 13.1. The zero-order valence-corrected chi connectivity index (χ0v) is 14.9. The number of fused-ring (bicyclic) bond motifs is 1. The molecule has 0 spiro atoms. The number of hydrogen-bond donors (Lipinski definition) is 1. The van der Waals surface area contributed by atoms with Crippen LogP contribution in [0.5, 0.6) is 0 Å². The van der Waals surface area contributed by atoms with Gasteiger partial charge in [-0.15, -0.1) is 0 Å². The van der Waals surface area contributed by atoms with Gasteiger partial charge in [-0.1, -0.05) is 12.1 Å². The van der Waals surface area contributed by atoms with E-state index in [0.717, 1.165) is 5.69 Å². The van der Waals surface area contributed by atoms with Crippen molar-refractivity contribution in [2.75, 3.05) is 31.6 Å². The lowest BCUT2D eigenvalue weighted by Crippen LogP contribution is -2.40. The highest BCUT2D eigenvalue weighted by Crippen LogP contribution is 2.32.